The van der Waals surface area contributed by atoms with Crippen LogP contribution >= 0.6 is 15.9 Å². The van der Waals surface area contributed by atoms with E-state index in [4.69, 9.17) is 4.74 Å². The highest BCUT2D eigenvalue weighted by Gasteiger charge is 2.13. The number of nitrogens with one attached hydrogen (secondary N) is 1. The number of rotatable bonds is 2. The Bertz CT molecular complexity index is 643. The van der Waals surface area contributed by atoms with Gasteiger partial charge in [-0.25, -0.2) is 4.98 Å². The van der Waals surface area contributed by atoms with Crippen LogP contribution in [0, 0.1) is 0 Å². The van der Waals surface area contributed by atoms with Crippen LogP contribution < -0.4 is 10.1 Å². The molecule has 1 aliphatic heterocycles. The smallest absolute Gasteiger partial charge is 0.255 e. The molecular weight excluding hydrogens is 308 g/mol. The lowest BCUT2D eigenvalue weighted by molar-refractivity contribution is 0.102. The van der Waals surface area contributed by atoms with Crippen molar-refractivity contribution in [3.63, 3.8) is 0 Å². The lowest BCUT2D eigenvalue weighted by Crippen LogP contribution is -2.12. The van der Waals surface area contributed by atoms with E-state index in [1.165, 1.54) is 0 Å². The van der Waals surface area contributed by atoms with E-state index in [0.717, 1.165) is 23.4 Å². The Kier molecular flexibility index (Phi) is 3.21. The first-order chi connectivity index (χ1) is 9.22. The number of amides is 1. The van der Waals surface area contributed by atoms with Crippen molar-refractivity contribution in [3.05, 3.63) is 52.3 Å². The molecule has 4 nitrogen and oxygen atoms in total. The maximum atomic E-state index is 12.1. The van der Waals surface area contributed by atoms with E-state index < -0.39 is 0 Å². The Labute approximate surface area is 118 Å². The van der Waals surface area contributed by atoms with Gasteiger partial charge in [-0.05, 0) is 51.8 Å². The van der Waals surface area contributed by atoms with Gasteiger partial charge in [0.2, 0.25) is 0 Å². The Morgan fingerprint density at radius 2 is 2.21 bits per heavy atom. The number of hydrogen-bond acceptors (Lipinski definition) is 3. The minimum absolute atomic E-state index is 0.151. The van der Waals surface area contributed by atoms with Crippen LogP contribution in [0.5, 0.6) is 5.75 Å². The van der Waals surface area contributed by atoms with Crippen LogP contribution in [0.3, 0.4) is 0 Å². The van der Waals surface area contributed by atoms with Gasteiger partial charge in [0.25, 0.3) is 5.91 Å². The number of nitrogens with zero attached hydrogens (tertiary/aromatic N) is 1. The van der Waals surface area contributed by atoms with E-state index in [0.29, 0.717) is 16.8 Å². The molecule has 1 aromatic heterocycles. The van der Waals surface area contributed by atoms with Crippen molar-refractivity contribution in [1.82, 2.24) is 4.98 Å². The summed E-state index contributed by atoms with van der Waals surface area (Å²) in [4.78, 5) is 16.1. The van der Waals surface area contributed by atoms with Crippen LogP contribution in [0.25, 0.3) is 0 Å². The molecule has 0 fully saturated rings. The van der Waals surface area contributed by atoms with E-state index in [9.17, 15) is 4.79 Å². The first kappa shape index (κ1) is 12.2. The van der Waals surface area contributed by atoms with Gasteiger partial charge < -0.3 is 10.1 Å². The van der Waals surface area contributed by atoms with Gasteiger partial charge >= 0.3 is 0 Å². The average molecular weight is 319 g/mol. The van der Waals surface area contributed by atoms with Gasteiger partial charge in [-0.1, -0.05) is 0 Å². The van der Waals surface area contributed by atoms with Gasteiger partial charge in [-0.2, -0.15) is 0 Å². The molecule has 1 aliphatic rings. The molecule has 96 valence electrons. The third-order valence-corrected chi connectivity index (χ3v) is 3.37. The molecule has 5 heteroatoms. The number of carbonyl (C=O) groups excluding carboxylic acids is 1. The summed E-state index contributed by atoms with van der Waals surface area (Å²) in [6.45, 7) is 0.712. The number of anilines is 1. The maximum absolute atomic E-state index is 12.1. The molecule has 0 spiro atoms. The van der Waals surface area contributed by atoms with Crippen molar-refractivity contribution in [3.8, 4) is 5.75 Å². The monoisotopic (exact) mass is 318 g/mol. The highest BCUT2D eigenvalue weighted by atomic mass is 79.9. The van der Waals surface area contributed by atoms with E-state index >= 15 is 0 Å². The fourth-order valence-corrected chi connectivity index (χ4v) is 2.38. The first-order valence-corrected chi connectivity index (χ1v) is 6.70. The van der Waals surface area contributed by atoms with Crippen LogP contribution in [0.2, 0.25) is 0 Å². The summed E-state index contributed by atoms with van der Waals surface area (Å²) in [6, 6.07) is 9.05. The Morgan fingerprint density at radius 3 is 3.05 bits per heavy atom. The number of hydrogen-bond donors (Lipinski definition) is 1. The van der Waals surface area contributed by atoms with Gasteiger partial charge in [-0.3, -0.25) is 4.79 Å². The minimum Gasteiger partial charge on any atom is -0.493 e. The molecule has 0 radical (unpaired) electrons. The molecule has 1 aromatic carbocycles. The molecule has 0 saturated heterocycles. The minimum atomic E-state index is -0.151. The highest BCUT2D eigenvalue weighted by Crippen LogP contribution is 2.28. The quantitative estimate of drug-likeness (QED) is 0.866. The van der Waals surface area contributed by atoms with Gasteiger partial charge in [0.15, 0.2) is 0 Å². The van der Waals surface area contributed by atoms with Crippen LogP contribution in [0.15, 0.2) is 41.1 Å². The Balaban J connectivity index is 1.80. The maximum Gasteiger partial charge on any atom is 0.255 e. The molecule has 0 bridgehead atoms. The van der Waals surface area contributed by atoms with E-state index in [2.05, 4.69) is 26.2 Å². The lowest BCUT2D eigenvalue weighted by atomic mass is 10.1. The van der Waals surface area contributed by atoms with Crippen LogP contribution in [-0.2, 0) is 6.42 Å². The predicted molar refractivity (Wildman–Crippen MR) is 75.5 cm³/mol. The van der Waals surface area contributed by atoms with E-state index in [-0.39, 0.29) is 5.91 Å². The van der Waals surface area contributed by atoms with Crippen LogP contribution in [0.4, 0.5) is 5.69 Å². The van der Waals surface area contributed by atoms with E-state index in [1.54, 1.807) is 18.3 Å². The summed E-state index contributed by atoms with van der Waals surface area (Å²) in [7, 11) is 0. The molecule has 2 aromatic rings. The van der Waals surface area contributed by atoms with Crippen molar-refractivity contribution >= 4 is 27.5 Å². The van der Waals surface area contributed by atoms with Gasteiger partial charge in [0, 0.05) is 23.9 Å². The third kappa shape index (κ3) is 2.61. The van der Waals surface area contributed by atoms with E-state index in [1.807, 2.05) is 18.2 Å². The number of benzene rings is 1. The summed E-state index contributed by atoms with van der Waals surface area (Å²) in [6.07, 6.45) is 2.48. The number of pyridine rings is 1. The van der Waals surface area contributed by atoms with Gasteiger partial charge in [0.05, 0.1) is 6.61 Å². The molecular formula is C14H11BrN2O2. The van der Waals surface area contributed by atoms with Gasteiger partial charge in [0.1, 0.15) is 10.4 Å². The summed E-state index contributed by atoms with van der Waals surface area (Å²) < 4.78 is 6.07. The zero-order valence-corrected chi connectivity index (χ0v) is 11.6. The highest BCUT2D eigenvalue weighted by molar-refractivity contribution is 9.10. The molecule has 3 rings (SSSR count). The van der Waals surface area contributed by atoms with Crippen molar-refractivity contribution in [2.45, 2.75) is 6.42 Å². The number of aromatic nitrogens is 1. The first-order valence-electron chi connectivity index (χ1n) is 5.91. The van der Waals surface area contributed by atoms with Crippen molar-refractivity contribution < 1.29 is 9.53 Å². The SMILES string of the molecule is O=C(Nc1ccc2c(c1)CCO2)c1ccnc(Br)c1. The predicted octanol–water partition coefficient (Wildman–Crippen LogP) is 3.03. The normalized spacial score (nSPS) is 12.7. The second-order valence-corrected chi connectivity index (χ2v) is 5.05. The molecule has 1 amide bonds. The second kappa shape index (κ2) is 5.01. The lowest BCUT2D eigenvalue weighted by Gasteiger charge is -2.07. The van der Waals surface area contributed by atoms with Gasteiger partial charge in [-0.15, -0.1) is 0 Å². The van der Waals surface area contributed by atoms with Crippen molar-refractivity contribution in [2.24, 2.45) is 0 Å². The second-order valence-electron chi connectivity index (χ2n) is 4.24. The molecule has 1 N–H and O–H groups in total. The van der Waals surface area contributed by atoms with Crippen LogP contribution in [-0.4, -0.2) is 17.5 Å². The summed E-state index contributed by atoms with van der Waals surface area (Å²) >= 11 is 3.25. The zero-order chi connectivity index (χ0) is 13.2. The number of halogens is 1. The molecule has 19 heavy (non-hydrogen) atoms. The summed E-state index contributed by atoms with van der Waals surface area (Å²) in [5.74, 6) is 0.756. The van der Waals surface area contributed by atoms with Crippen LogP contribution in [0.1, 0.15) is 15.9 Å². The standard InChI is InChI=1S/C14H11BrN2O2/c15-13-8-10(3-5-16-13)14(18)17-11-1-2-12-9(7-11)4-6-19-12/h1-3,5,7-8H,4,6H2,(H,17,18). The Hall–Kier alpha value is -1.88. The largest absolute Gasteiger partial charge is 0.493 e. The molecule has 0 atom stereocenters. The van der Waals surface area contributed by atoms with Crippen molar-refractivity contribution in [1.29, 1.82) is 0 Å². The molecule has 2 heterocycles. The fourth-order valence-electron chi connectivity index (χ4n) is 2.01. The number of carbonyl (C=O) groups is 1. The fraction of sp³-hybridized carbons (Fsp3) is 0.143. The zero-order valence-electron chi connectivity index (χ0n) is 10.0. The molecule has 0 unspecified atom stereocenters. The summed E-state index contributed by atoms with van der Waals surface area (Å²) in [5, 5.41) is 2.87. The third-order valence-electron chi connectivity index (χ3n) is 2.94. The topological polar surface area (TPSA) is 51.2 Å². The Morgan fingerprint density at radius 1 is 1.32 bits per heavy atom. The molecule has 0 saturated carbocycles. The number of fused-ring (bicyclic) bond motifs is 1. The van der Waals surface area contributed by atoms with Crippen molar-refractivity contribution in [2.75, 3.05) is 11.9 Å². The summed E-state index contributed by atoms with van der Waals surface area (Å²) in [5.41, 5.74) is 2.48. The average Bonchev–Trinajstić information content (AvgIpc) is 2.86. The number of ether oxygens (including phenoxy) is 1. The molecule has 0 aliphatic carbocycles.